The molecular formula is C12H18ClNO. The molecule has 1 rings (SSSR count). The molecule has 0 fully saturated rings. The summed E-state index contributed by atoms with van der Waals surface area (Å²) in [6, 6.07) is 7.83. The van der Waals surface area contributed by atoms with Crippen molar-refractivity contribution in [2.45, 2.75) is 32.4 Å². The molecule has 0 radical (unpaired) electrons. The lowest BCUT2D eigenvalue weighted by atomic mass is 10.1. The lowest BCUT2D eigenvalue weighted by Crippen LogP contribution is -2.38. The molecule has 84 valence electrons. The number of nitrogens with one attached hydrogen (secondary N) is 1. The Morgan fingerprint density at radius 1 is 1.33 bits per heavy atom. The molecule has 0 bridgehead atoms. The van der Waals surface area contributed by atoms with Crippen molar-refractivity contribution in [1.29, 1.82) is 0 Å². The zero-order valence-electron chi connectivity index (χ0n) is 9.46. The first kappa shape index (κ1) is 12.3. The van der Waals surface area contributed by atoms with Gasteiger partial charge in [0.2, 0.25) is 0 Å². The average molecular weight is 228 g/mol. The van der Waals surface area contributed by atoms with Gasteiger partial charge < -0.3 is 10.1 Å². The highest BCUT2D eigenvalue weighted by atomic mass is 35.5. The van der Waals surface area contributed by atoms with E-state index in [0.29, 0.717) is 6.04 Å². The van der Waals surface area contributed by atoms with Crippen LogP contribution in [0, 0.1) is 0 Å². The lowest BCUT2D eigenvalue weighted by Gasteiger charge is -2.23. The van der Waals surface area contributed by atoms with Crippen molar-refractivity contribution in [2.75, 3.05) is 7.05 Å². The van der Waals surface area contributed by atoms with Crippen LogP contribution in [0.4, 0.5) is 0 Å². The summed E-state index contributed by atoms with van der Waals surface area (Å²) < 4.78 is 5.79. The monoisotopic (exact) mass is 227 g/mol. The molecule has 2 unspecified atom stereocenters. The van der Waals surface area contributed by atoms with Crippen molar-refractivity contribution in [3.05, 3.63) is 29.3 Å². The predicted octanol–water partition coefficient (Wildman–Crippen LogP) is 3.11. The van der Waals surface area contributed by atoms with Crippen LogP contribution < -0.4 is 10.1 Å². The van der Waals surface area contributed by atoms with E-state index in [4.69, 9.17) is 16.3 Å². The zero-order chi connectivity index (χ0) is 11.3. The van der Waals surface area contributed by atoms with Gasteiger partial charge >= 0.3 is 0 Å². The molecular weight excluding hydrogens is 210 g/mol. The van der Waals surface area contributed by atoms with Crippen LogP contribution in [-0.4, -0.2) is 19.2 Å². The molecule has 0 aromatic heterocycles. The van der Waals surface area contributed by atoms with Gasteiger partial charge in [-0.1, -0.05) is 18.5 Å². The molecule has 0 saturated heterocycles. The first-order valence-electron chi connectivity index (χ1n) is 5.26. The maximum absolute atomic E-state index is 5.80. The number of hydrogen-bond acceptors (Lipinski definition) is 2. The number of ether oxygens (including phenoxy) is 1. The largest absolute Gasteiger partial charge is 0.489 e. The van der Waals surface area contributed by atoms with E-state index in [9.17, 15) is 0 Å². The van der Waals surface area contributed by atoms with E-state index in [1.807, 2.05) is 31.3 Å². The molecule has 0 aliphatic carbocycles. The van der Waals surface area contributed by atoms with Crippen molar-refractivity contribution < 1.29 is 4.74 Å². The van der Waals surface area contributed by atoms with E-state index < -0.39 is 0 Å². The molecule has 1 aromatic rings. The Kier molecular flexibility index (Phi) is 4.92. The van der Waals surface area contributed by atoms with Crippen LogP contribution in [0.1, 0.15) is 20.3 Å². The van der Waals surface area contributed by atoms with Gasteiger partial charge in [-0.3, -0.25) is 0 Å². The third-order valence-corrected chi connectivity index (χ3v) is 2.76. The van der Waals surface area contributed by atoms with Crippen LogP contribution in [0.5, 0.6) is 5.75 Å². The molecule has 15 heavy (non-hydrogen) atoms. The summed E-state index contributed by atoms with van der Waals surface area (Å²) in [4.78, 5) is 0. The fourth-order valence-corrected chi connectivity index (χ4v) is 1.71. The normalized spacial score (nSPS) is 14.7. The minimum absolute atomic E-state index is 0.154. The molecule has 3 heteroatoms. The fraction of sp³-hybridized carbons (Fsp3) is 0.500. The molecule has 1 N–H and O–H groups in total. The summed E-state index contributed by atoms with van der Waals surface area (Å²) in [6.07, 6.45) is 1.20. The van der Waals surface area contributed by atoms with E-state index in [1.165, 1.54) is 0 Å². The van der Waals surface area contributed by atoms with E-state index in [2.05, 4.69) is 19.2 Å². The van der Waals surface area contributed by atoms with Gasteiger partial charge in [0.1, 0.15) is 11.9 Å². The second-order valence-electron chi connectivity index (χ2n) is 3.58. The highest BCUT2D eigenvalue weighted by molar-refractivity contribution is 6.30. The summed E-state index contributed by atoms with van der Waals surface area (Å²) in [5, 5.41) is 3.96. The zero-order valence-corrected chi connectivity index (χ0v) is 10.2. The molecule has 1 aromatic carbocycles. The summed E-state index contributed by atoms with van der Waals surface area (Å²) in [5.41, 5.74) is 0. The molecule has 0 aliphatic heterocycles. The van der Waals surface area contributed by atoms with E-state index >= 15 is 0 Å². The molecule has 0 heterocycles. The second-order valence-corrected chi connectivity index (χ2v) is 4.02. The van der Waals surface area contributed by atoms with Crippen LogP contribution in [0.15, 0.2) is 24.3 Å². The van der Waals surface area contributed by atoms with Gasteiger partial charge in [-0.25, -0.2) is 0 Å². The highest BCUT2D eigenvalue weighted by Gasteiger charge is 2.14. The van der Waals surface area contributed by atoms with E-state index in [-0.39, 0.29) is 6.10 Å². The molecule has 0 aliphatic rings. The summed E-state index contributed by atoms with van der Waals surface area (Å²) in [5.74, 6) is 0.862. The maximum Gasteiger partial charge on any atom is 0.119 e. The predicted molar refractivity (Wildman–Crippen MR) is 64.7 cm³/mol. The number of benzene rings is 1. The minimum atomic E-state index is 0.154. The van der Waals surface area contributed by atoms with Crippen LogP contribution in [-0.2, 0) is 0 Å². The summed E-state index contributed by atoms with van der Waals surface area (Å²) >= 11 is 5.80. The van der Waals surface area contributed by atoms with Crippen molar-refractivity contribution in [1.82, 2.24) is 5.32 Å². The van der Waals surface area contributed by atoms with E-state index in [0.717, 1.165) is 17.2 Å². The van der Waals surface area contributed by atoms with E-state index in [1.54, 1.807) is 0 Å². The van der Waals surface area contributed by atoms with Crippen molar-refractivity contribution in [3.63, 3.8) is 0 Å². The number of rotatable bonds is 5. The van der Waals surface area contributed by atoms with Crippen molar-refractivity contribution in [3.8, 4) is 5.75 Å². The first-order valence-corrected chi connectivity index (χ1v) is 5.64. The first-order chi connectivity index (χ1) is 7.17. The molecule has 2 nitrogen and oxygen atoms in total. The Bertz CT molecular complexity index is 282. The molecule has 0 amide bonds. The van der Waals surface area contributed by atoms with Gasteiger partial charge in [0.05, 0.1) is 0 Å². The maximum atomic E-state index is 5.80. The Balaban J connectivity index is 2.57. The topological polar surface area (TPSA) is 21.3 Å². The van der Waals surface area contributed by atoms with Gasteiger partial charge in [0.25, 0.3) is 0 Å². The van der Waals surface area contributed by atoms with Gasteiger partial charge in [-0.05, 0) is 44.7 Å². The summed E-state index contributed by atoms with van der Waals surface area (Å²) in [6.45, 7) is 4.21. The highest BCUT2D eigenvalue weighted by Crippen LogP contribution is 2.17. The van der Waals surface area contributed by atoms with Crippen LogP contribution in [0.2, 0.25) is 5.02 Å². The quantitative estimate of drug-likeness (QED) is 0.835. The van der Waals surface area contributed by atoms with Gasteiger partial charge in [0.15, 0.2) is 0 Å². The smallest absolute Gasteiger partial charge is 0.119 e. The Morgan fingerprint density at radius 2 is 1.93 bits per heavy atom. The Labute approximate surface area is 96.6 Å². The van der Waals surface area contributed by atoms with Crippen LogP contribution in [0.3, 0.4) is 0 Å². The molecule has 0 spiro atoms. The Hall–Kier alpha value is -0.730. The number of likely N-dealkylation sites (N-methyl/N-ethyl adjacent to an activating group) is 1. The van der Waals surface area contributed by atoms with Gasteiger partial charge in [-0.15, -0.1) is 0 Å². The SMILES string of the molecule is CCC(NC)C(C)Oc1ccc(Cl)cc1. The van der Waals surface area contributed by atoms with Crippen molar-refractivity contribution in [2.24, 2.45) is 0 Å². The average Bonchev–Trinajstić information content (AvgIpc) is 2.23. The molecule has 0 saturated carbocycles. The third-order valence-electron chi connectivity index (χ3n) is 2.51. The lowest BCUT2D eigenvalue weighted by molar-refractivity contribution is 0.172. The van der Waals surface area contributed by atoms with Crippen molar-refractivity contribution >= 4 is 11.6 Å². The minimum Gasteiger partial charge on any atom is -0.489 e. The number of halogens is 1. The van der Waals surface area contributed by atoms with Crippen LogP contribution >= 0.6 is 11.6 Å². The third kappa shape index (κ3) is 3.73. The Morgan fingerprint density at radius 3 is 2.40 bits per heavy atom. The number of hydrogen-bond donors (Lipinski definition) is 1. The second kappa shape index (κ2) is 5.99. The standard InChI is InChI=1S/C12H18ClNO/c1-4-12(14-3)9(2)15-11-7-5-10(13)6-8-11/h5-9,12,14H,4H2,1-3H3. The summed E-state index contributed by atoms with van der Waals surface area (Å²) in [7, 11) is 1.95. The molecule has 2 atom stereocenters. The fourth-order valence-electron chi connectivity index (χ4n) is 1.58. The van der Waals surface area contributed by atoms with Crippen LogP contribution in [0.25, 0.3) is 0 Å². The van der Waals surface area contributed by atoms with Gasteiger partial charge in [-0.2, -0.15) is 0 Å². The van der Waals surface area contributed by atoms with Gasteiger partial charge in [0, 0.05) is 11.1 Å².